The van der Waals surface area contributed by atoms with E-state index in [2.05, 4.69) is 61.6 Å². The number of carbonyl (C=O) groups excluding carboxylic acids is 1. The van der Waals surface area contributed by atoms with Crippen LogP contribution in [-0.2, 0) is 11.2 Å². The zero-order valence-corrected chi connectivity index (χ0v) is 27.7. The van der Waals surface area contributed by atoms with E-state index in [1.807, 2.05) is 39.1 Å². The molecule has 1 heterocycles. The first-order chi connectivity index (χ1) is 19.9. The Bertz CT molecular complexity index is 1180. The zero-order chi connectivity index (χ0) is 31.2. The number of nitrogens with one attached hydrogen (secondary N) is 1. The Labute approximate surface area is 259 Å². The minimum Gasteiger partial charge on any atom is -0.389 e. The van der Waals surface area contributed by atoms with Gasteiger partial charge in [-0.2, -0.15) is 0 Å². The molecule has 1 fully saturated rings. The van der Waals surface area contributed by atoms with Gasteiger partial charge in [-0.3, -0.25) is 9.79 Å². The lowest BCUT2D eigenvalue weighted by Gasteiger charge is -2.38. The molecular formula is C35H53ClN4O2. The lowest BCUT2D eigenvalue weighted by atomic mass is 9.97. The SMILES string of the molecule is C=C(C)c1cc(Cl)ccc1CCC(=O)NCCC(C)/C(C)=C/C(=N/C(C)=C/C(=NC)C(C)CCCCC)N1CC(O)C1. The van der Waals surface area contributed by atoms with Crippen LogP contribution in [0.15, 0.2) is 58.2 Å². The molecule has 0 saturated carbocycles. The molecule has 1 aromatic rings. The number of β-amino-alcohol motifs (C(OH)–C–C–N with tert-alkyl or cyclic N) is 1. The van der Waals surface area contributed by atoms with Crippen molar-refractivity contribution < 1.29 is 9.90 Å². The van der Waals surface area contributed by atoms with Crippen LogP contribution in [0.25, 0.3) is 5.57 Å². The Balaban J connectivity index is 1.99. The monoisotopic (exact) mass is 596 g/mol. The third kappa shape index (κ3) is 11.9. The summed E-state index contributed by atoms with van der Waals surface area (Å²) < 4.78 is 0. The molecule has 1 aliphatic rings. The molecule has 1 saturated heterocycles. The molecule has 7 heteroatoms. The summed E-state index contributed by atoms with van der Waals surface area (Å²) in [6, 6.07) is 5.75. The summed E-state index contributed by atoms with van der Waals surface area (Å²) in [5, 5.41) is 13.7. The van der Waals surface area contributed by atoms with Crippen molar-refractivity contribution >= 4 is 34.6 Å². The molecule has 1 aliphatic heterocycles. The number of amides is 1. The van der Waals surface area contributed by atoms with Gasteiger partial charge in [0.05, 0.1) is 6.10 Å². The minimum absolute atomic E-state index is 0.0429. The number of aliphatic hydroxyl groups excluding tert-OH is 1. The van der Waals surface area contributed by atoms with E-state index in [1.54, 1.807) is 0 Å². The van der Waals surface area contributed by atoms with E-state index in [0.29, 0.717) is 43.4 Å². The second kappa shape index (κ2) is 18.1. The van der Waals surface area contributed by atoms with Gasteiger partial charge >= 0.3 is 0 Å². The number of amidine groups is 1. The molecular weight excluding hydrogens is 544 g/mol. The lowest BCUT2D eigenvalue weighted by Crippen LogP contribution is -2.53. The van der Waals surface area contributed by atoms with Gasteiger partial charge in [-0.15, -0.1) is 0 Å². The van der Waals surface area contributed by atoms with Crippen molar-refractivity contribution in [2.75, 3.05) is 26.7 Å². The molecule has 0 aliphatic carbocycles. The standard InChI is InChI=1S/C35H53ClN4O2/c1-9-10-11-12-26(5)33(37-8)20-28(7)39-34(40-22-31(41)23-40)19-27(6)25(4)17-18-38-35(42)16-14-29-13-15-30(36)21-32(29)24(2)3/h13,15,19-21,25-26,31,41H,2,9-12,14,16-18,22-23H2,1,3-8H3,(H,38,42)/b27-19+,28-20+,37-33?,39-34-. The molecule has 232 valence electrons. The average Bonchev–Trinajstić information content (AvgIpc) is 2.92. The predicted molar refractivity (Wildman–Crippen MR) is 180 cm³/mol. The molecule has 0 radical (unpaired) electrons. The van der Waals surface area contributed by atoms with Gasteiger partial charge in [0.25, 0.3) is 0 Å². The number of hydrogen-bond acceptors (Lipinski definition) is 4. The maximum Gasteiger partial charge on any atom is 0.220 e. The number of unbranched alkanes of at least 4 members (excludes halogenated alkanes) is 2. The highest BCUT2D eigenvalue weighted by Gasteiger charge is 2.26. The highest BCUT2D eigenvalue weighted by molar-refractivity contribution is 6.30. The topological polar surface area (TPSA) is 77.3 Å². The van der Waals surface area contributed by atoms with Crippen LogP contribution < -0.4 is 5.32 Å². The molecule has 1 amide bonds. The van der Waals surface area contributed by atoms with Gasteiger partial charge in [-0.1, -0.05) is 75.4 Å². The van der Waals surface area contributed by atoms with Crippen LogP contribution in [0.1, 0.15) is 91.2 Å². The van der Waals surface area contributed by atoms with Crippen LogP contribution in [0.3, 0.4) is 0 Å². The number of aliphatic imine (C=N–C) groups is 2. The molecule has 2 rings (SSSR count). The third-order valence-corrected chi connectivity index (χ3v) is 8.26. The average molecular weight is 597 g/mol. The van der Waals surface area contributed by atoms with Crippen LogP contribution in [0.5, 0.6) is 0 Å². The number of benzene rings is 1. The Morgan fingerprint density at radius 1 is 1.17 bits per heavy atom. The second-order valence-corrected chi connectivity index (χ2v) is 12.3. The van der Waals surface area contributed by atoms with Crippen molar-refractivity contribution in [1.82, 2.24) is 10.2 Å². The van der Waals surface area contributed by atoms with Crippen molar-refractivity contribution in [1.29, 1.82) is 0 Å². The predicted octanol–water partition coefficient (Wildman–Crippen LogP) is 7.66. The Hall–Kier alpha value is -2.70. The Morgan fingerprint density at radius 3 is 2.50 bits per heavy atom. The summed E-state index contributed by atoms with van der Waals surface area (Å²) in [7, 11) is 1.85. The van der Waals surface area contributed by atoms with Crippen LogP contribution in [-0.4, -0.2) is 60.2 Å². The van der Waals surface area contributed by atoms with Gasteiger partial charge in [-0.05, 0) is 87.3 Å². The number of allylic oxidation sites excluding steroid dienone is 4. The number of likely N-dealkylation sites (tertiary alicyclic amines) is 1. The van der Waals surface area contributed by atoms with Crippen molar-refractivity contribution in [2.24, 2.45) is 21.8 Å². The normalized spacial score (nSPS) is 16.7. The maximum atomic E-state index is 12.6. The molecule has 2 N–H and O–H groups in total. The molecule has 0 aromatic heterocycles. The molecule has 2 atom stereocenters. The first-order valence-corrected chi connectivity index (χ1v) is 15.9. The van der Waals surface area contributed by atoms with Gasteiger partial charge in [0.2, 0.25) is 5.91 Å². The van der Waals surface area contributed by atoms with Crippen LogP contribution in [0.2, 0.25) is 5.02 Å². The molecule has 2 unspecified atom stereocenters. The molecule has 1 aromatic carbocycles. The van der Waals surface area contributed by atoms with E-state index >= 15 is 0 Å². The van der Waals surface area contributed by atoms with Gasteiger partial charge < -0.3 is 15.3 Å². The summed E-state index contributed by atoms with van der Waals surface area (Å²) in [6.07, 6.45) is 10.6. The number of hydrogen-bond donors (Lipinski definition) is 2. The fourth-order valence-corrected chi connectivity index (χ4v) is 5.21. The number of aliphatic hydroxyl groups is 1. The smallest absolute Gasteiger partial charge is 0.220 e. The van der Waals surface area contributed by atoms with E-state index in [0.717, 1.165) is 46.8 Å². The van der Waals surface area contributed by atoms with Crippen molar-refractivity contribution in [3.8, 4) is 0 Å². The highest BCUT2D eigenvalue weighted by Crippen LogP contribution is 2.23. The largest absolute Gasteiger partial charge is 0.389 e. The summed E-state index contributed by atoms with van der Waals surface area (Å²) in [6.45, 7) is 18.6. The Kier molecular flexibility index (Phi) is 15.3. The lowest BCUT2D eigenvalue weighted by molar-refractivity contribution is -0.121. The molecule has 6 nitrogen and oxygen atoms in total. The number of aryl methyl sites for hydroxylation is 1. The summed E-state index contributed by atoms with van der Waals surface area (Å²) in [4.78, 5) is 24.2. The summed E-state index contributed by atoms with van der Waals surface area (Å²) >= 11 is 6.14. The first-order valence-electron chi connectivity index (χ1n) is 15.5. The van der Waals surface area contributed by atoms with Crippen molar-refractivity contribution in [2.45, 2.75) is 92.6 Å². The van der Waals surface area contributed by atoms with E-state index in [4.69, 9.17) is 16.6 Å². The quantitative estimate of drug-likeness (QED) is 0.117. The van der Waals surface area contributed by atoms with Gasteiger partial charge in [0.1, 0.15) is 5.84 Å². The van der Waals surface area contributed by atoms with Crippen molar-refractivity contribution in [3.05, 3.63) is 64.3 Å². The van der Waals surface area contributed by atoms with Crippen LogP contribution >= 0.6 is 11.6 Å². The third-order valence-electron chi connectivity index (χ3n) is 8.02. The molecule has 42 heavy (non-hydrogen) atoms. The van der Waals surface area contributed by atoms with E-state index in [1.165, 1.54) is 24.8 Å². The zero-order valence-electron chi connectivity index (χ0n) is 27.0. The minimum atomic E-state index is -0.313. The van der Waals surface area contributed by atoms with Gasteiger partial charge in [-0.25, -0.2) is 4.99 Å². The highest BCUT2D eigenvalue weighted by atomic mass is 35.5. The number of carbonyl (C=O) groups is 1. The number of nitrogens with zero attached hydrogens (tertiary/aromatic N) is 3. The van der Waals surface area contributed by atoms with E-state index < -0.39 is 0 Å². The fourth-order valence-electron chi connectivity index (χ4n) is 5.04. The molecule has 0 bridgehead atoms. The number of rotatable bonds is 16. The Morgan fingerprint density at radius 2 is 1.88 bits per heavy atom. The van der Waals surface area contributed by atoms with Crippen molar-refractivity contribution in [3.63, 3.8) is 0 Å². The second-order valence-electron chi connectivity index (χ2n) is 11.9. The van der Waals surface area contributed by atoms with E-state index in [9.17, 15) is 9.90 Å². The first kappa shape index (κ1) is 35.5. The number of halogens is 1. The van der Waals surface area contributed by atoms with Crippen LogP contribution in [0, 0.1) is 11.8 Å². The molecule has 0 spiro atoms. The fraction of sp³-hybridized carbons (Fsp3) is 0.571. The maximum absolute atomic E-state index is 12.6. The summed E-state index contributed by atoms with van der Waals surface area (Å²) in [5.74, 6) is 1.57. The van der Waals surface area contributed by atoms with Crippen LogP contribution in [0.4, 0.5) is 0 Å². The van der Waals surface area contributed by atoms with E-state index in [-0.39, 0.29) is 17.9 Å². The van der Waals surface area contributed by atoms with Gasteiger partial charge in [0, 0.05) is 49.5 Å². The summed E-state index contributed by atoms with van der Waals surface area (Å²) in [5.41, 5.74) is 6.23. The van der Waals surface area contributed by atoms with Gasteiger partial charge in [0.15, 0.2) is 0 Å².